The molecule has 3 heteroatoms. The molecule has 1 aliphatic rings. The highest BCUT2D eigenvalue weighted by Crippen LogP contribution is 2.24. The van der Waals surface area contributed by atoms with Crippen molar-refractivity contribution in [3.8, 4) is 0 Å². The van der Waals surface area contributed by atoms with Crippen LogP contribution in [0.1, 0.15) is 33.1 Å². The van der Waals surface area contributed by atoms with Gasteiger partial charge in [0.2, 0.25) is 0 Å². The van der Waals surface area contributed by atoms with Gasteiger partial charge < -0.3 is 10.2 Å². The number of rotatable bonds is 3. The molecule has 0 radical (unpaired) electrons. The molecule has 1 saturated carbocycles. The molecule has 1 rings (SSSR count). The van der Waals surface area contributed by atoms with E-state index in [0.717, 1.165) is 19.3 Å². The molecule has 78 valence electrons. The zero-order valence-electron chi connectivity index (χ0n) is 8.82. The lowest BCUT2D eigenvalue weighted by Crippen LogP contribution is -2.45. The van der Waals surface area contributed by atoms with Crippen molar-refractivity contribution < 1.29 is 10.2 Å². The average Bonchev–Trinajstić information content (AvgIpc) is 2.30. The Morgan fingerprint density at radius 1 is 1.38 bits per heavy atom. The summed E-state index contributed by atoms with van der Waals surface area (Å²) < 4.78 is 0. The molecule has 13 heavy (non-hydrogen) atoms. The van der Waals surface area contributed by atoms with Crippen LogP contribution in [0.15, 0.2) is 0 Å². The summed E-state index contributed by atoms with van der Waals surface area (Å²) in [4.78, 5) is 2.07. The Hall–Kier alpha value is -0.120. The average molecular weight is 187 g/mol. The predicted molar refractivity (Wildman–Crippen MR) is 52.6 cm³/mol. The number of nitrogens with zero attached hydrogens (tertiary/aromatic N) is 1. The van der Waals surface area contributed by atoms with E-state index < -0.39 is 5.60 Å². The molecule has 0 aromatic rings. The van der Waals surface area contributed by atoms with Gasteiger partial charge in [-0.25, -0.2) is 0 Å². The Morgan fingerprint density at radius 2 is 2.00 bits per heavy atom. The van der Waals surface area contributed by atoms with Gasteiger partial charge in [0.05, 0.1) is 11.7 Å². The zero-order valence-corrected chi connectivity index (χ0v) is 8.82. The Morgan fingerprint density at radius 3 is 2.38 bits per heavy atom. The topological polar surface area (TPSA) is 43.7 Å². The van der Waals surface area contributed by atoms with Crippen LogP contribution >= 0.6 is 0 Å². The molecule has 0 amide bonds. The van der Waals surface area contributed by atoms with Crippen LogP contribution in [0.25, 0.3) is 0 Å². The molecule has 1 fully saturated rings. The molecule has 0 bridgehead atoms. The van der Waals surface area contributed by atoms with Gasteiger partial charge in [0.15, 0.2) is 0 Å². The van der Waals surface area contributed by atoms with E-state index in [1.807, 2.05) is 7.05 Å². The Labute approximate surface area is 80.4 Å². The van der Waals surface area contributed by atoms with Crippen molar-refractivity contribution in [3.05, 3.63) is 0 Å². The van der Waals surface area contributed by atoms with Crippen molar-refractivity contribution in [1.29, 1.82) is 0 Å². The van der Waals surface area contributed by atoms with E-state index in [0.29, 0.717) is 6.54 Å². The number of aliphatic hydroxyl groups is 2. The van der Waals surface area contributed by atoms with Crippen LogP contribution in [0, 0.1) is 0 Å². The van der Waals surface area contributed by atoms with E-state index in [-0.39, 0.29) is 12.1 Å². The maximum atomic E-state index is 9.63. The van der Waals surface area contributed by atoms with Gasteiger partial charge in [-0.05, 0) is 40.2 Å². The van der Waals surface area contributed by atoms with Crippen molar-refractivity contribution in [2.75, 3.05) is 13.6 Å². The van der Waals surface area contributed by atoms with Gasteiger partial charge in [-0.15, -0.1) is 0 Å². The van der Waals surface area contributed by atoms with Gasteiger partial charge in [-0.2, -0.15) is 0 Å². The summed E-state index contributed by atoms with van der Waals surface area (Å²) in [6, 6.07) is 0.242. The van der Waals surface area contributed by atoms with Gasteiger partial charge in [0.1, 0.15) is 0 Å². The molecule has 0 aliphatic heterocycles. The van der Waals surface area contributed by atoms with E-state index in [1.165, 1.54) is 0 Å². The fraction of sp³-hybridized carbons (Fsp3) is 1.00. The monoisotopic (exact) mass is 187 g/mol. The van der Waals surface area contributed by atoms with Crippen molar-refractivity contribution >= 4 is 0 Å². The first kappa shape index (κ1) is 11.0. The summed E-state index contributed by atoms with van der Waals surface area (Å²) in [6.45, 7) is 4.21. The largest absolute Gasteiger partial charge is 0.391 e. The Balaban J connectivity index is 2.43. The van der Waals surface area contributed by atoms with Crippen LogP contribution in [-0.4, -0.2) is 46.5 Å². The fourth-order valence-corrected chi connectivity index (χ4v) is 2.16. The van der Waals surface area contributed by atoms with Gasteiger partial charge >= 0.3 is 0 Å². The lowest BCUT2D eigenvalue weighted by Gasteiger charge is -2.31. The molecule has 0 saturated heterocycles. The molecular weight excluding hydrogens is 166 g/mol. The highest BCUT2D eigenvalue weighted by Gasteiger charge is 2.30. The molecule has 0 aromatic heterocycles. The Kier molecular flexibility index (Phi) is 3.33. The van der Waals surface area contributed by atoms with E-state index in [9.17, 15) is 10.2 Å². The maximum absolute atomic E-state index is 9.63. The molecule has 2 unspecified atom stereocenters. The lowest BCUT2D eigenvalue weighted by molar-refractivity contribution is 0.00839. The summed E-state index contributed by atoms with van der Waals surface area (Å²) in [5, 5.41) is 19.2. The van der Waals surface area contributed by atoms with Crippen molar-refractivity contribution in [2.45, 2.75) is 50.9 Å². The molecule has 2 N–H and O–H groups in total. The van der Waals surface area contributed by atoms with Crippen LogP contribution in [0.4, 0.5) is 0 Å². The highest BCUT2D eigenvalue weighted by molar-refractivity contribution is 4.85. The van der Waals surface area contributed by atoms with Crippen molar-refractivity contribution in [1.82, 2.24) is 4.90 Å². The standard InChI is InChI=1S/C10H21NO2/c1-10(2,13)7-11(3)8-5-4-6-9(8)12/h8-9,12-13H,4-7H2,1-3H3. The minimum atomic E-state index is -0.670. The quantitative estimate of drug-likeness (QED) is 0.680. The minimum Gasteiger partial charge on any atom is -0.391 e. The van der Waals surface area contributed by atoms with Gasteiger partial charge in [0.25, 0.3) is 0 Å². The van der Waals surface area contributed by atoms with Gasteiger partial charge in [-0.3, -0.25) is 4.90 Å². The van der Waals surface area contributed by atoms with Crippen LogP contribution in [0.5, 0.6) is 0 Å². The first-order valence-corrected chi connectivity index (χ1v) is 5.01. The SMILES string of the molecule is CN(CC(C)(C)O)C1CCCC1O. The van der Waals surface area contributed by atoms with Crippen LogP contribution in [0.2, 0.25) is 0 Å². The Bertz CT molecular complexity index is 165. The van der Waals surface area contributed by atoms with E-state index in [4.69, 9.17) is 0 Å². The van der Waals surface area contributed by atoms with Gasteiger partial charge in [-0.1, -0.05) is 0 Å². The normalized spacial score (nSPS) is 30.0. The summed E-state index contributed by atoms with van der Waals surface area (Å²) in [5.74, 6) is 0. The molecule has 0 heterocycles. The number of likely N-dealkylation sites (N-methyl/N-ethyl adjacent to an activating group) is 1. The maximum Gasteiger partial charge on any atom is 0.0718 e. The third kappa shape index (κ3) is 3.25. The van der Waals surface area contributed by atoms with Crippen LogP contribution < -0.4 is 0 Å². The van der Waals surface area contributed by atoms with Crippen molar-refractivity contribution in [3.63, 3.8) is 0 Å². The van der Waals surface area contributed by atoms with Crippen LogP contribution in [0.3, 0.4) is 0 Å². The second kappa shape index (κ2) is 3.95. The summed E-state index contributed by atoms with van der Waals surface area (Å²) in [5.41, 5.74) is -0.670. The number of aliphatic hydroxyl groups excluding tert-OH is 1. The van der Waals surface area contributed by atoms with Crippen LogP contribution in [-0.2, 0) is 0 Å². The second-order valence-electron chi connectivity index (χ2n) is 4.79. The molecule has 1 aliphatic carbocycles. The molecule has 0 spiro atoms. The fourth-order valence-electron chi connectivity index (χ4n) is 2.16. The second-order valence-corrected chi connectivity index (χ2v) is 4.79. The van der Waals surface area contributed by atoms with E-state index in [2.05, 4.69) is 4.90 Å². The highest BCUT2D eigenvalue weighted by atomic mass is 16.3. The molecular formula is C10H21NO2. The smallest absolute Gasteiger partial charge is 0.0718 e. The number of hydrogen-bond donors (Lipinski definition) is 2. The third-order valence-corrected chi connectivity index (χ3v) is 2.65. The van der Waals surface area contributed by atoms with E-state index >= 15 is 0 Å². The summed E-state index contributed by atoms with van der Waals surface area (Å²) >= 11 is 0. The van der Waals surface area contributed by atoms with Gasteiger partial charge in [0, 0.05) is 12.6 Å². The molecule has 2 atom stereocenters. The first-order chi connectivity index (χ1) is 5.90. The summed E-state index contributed by atoms with van der Waals surface area (Å²) in [7, 11) is 1.97. The zero-order chi connectivity index (χ0) is 10.1. The van der Waals surface area contributed by atoms with E-state index in [1.54, 1.807) is 13.8 Å². The first-order valence-electron chi connectivity index (χ1n) is 5.01. The third-order valence-electron chi connectivity index (χ3n) is 2.65. The molecule has 0 aromatic carbocycles. The van der Waals surface area contributed by atoms with Crippen molar-refractivity contribution in [2.24, 2.45) is 0 Å². The molecule has 3 nitrogen and oxygen atoms in total. The number of hydrogen-bond acceptors (Lipinski definition) is 3. The summed E-state index contributed by atoms with van der Waals surface area (Å²) in [6.07, 6.45) is 2.85. The predicted octanol–water partition coefficient (Wildman–Crippen LogP) is 0.602. The lowest BCUT2D eigenvalue weighted by atomic mass is 10.1. The minimum absolute atomic E-state index is 0.202.